The summed E-state index contributed by atoms with van der Waals surface area (Å²) in [7, 11) is 2.16. The fraction of sp³-hybridized carbons (Fsp3) is 1.00. The Balaban J connectivity index is 1.96. The van der Waals surface area contributed by atoms with E-state index in [1.165, 1.54) is 51.9 Å². The first-order valence-corrected chi connectivity index (χ1v) is 5.94. The topological polar surface area (TPSA) is 32.5 Å². The smallest absolute Gasteiger partial charge is 0.0102 e. The third-order valence-corrected chi connectivity index (χ3v) is 2.97. The highest BCUT2D eigenvalue weighted by Gasteiger charge is 2.09. The maximum absolute atomic E-state index is 5.49. The van der Waals surface area contributed by atoms with E-state index in [1.54, 1.807) is 0 Å². The van der Waals surface area contributed by atoms with Gasteiger partial charge in [-0.05, 0) is 52.5 Å². The lowest BCUT2D eigenvalue weighted by molar-refractivity contribution is 0.213. The number of hydrogen-bond donors (Lipinski definition) is 1. The highest BCUT2D eigenvalue weighted by Crippen LogP contribution is 2.08. The summed E-state index contributed by atoms with van der Waals surface area (Å²) in [4.78, 5) is 4.92. The summed E-state index contributed by atoms with van der Waals surface area (Å²) in [5, 5.41) is 0. The number of nitrogens with zero attached hydrogens (tertiary/aromatic N) is 2. The Kier molecular flexibility index (Phi) is 6.15. The molecule has 3 nitrogen and oxygen atoms in total. The third kappa shape index (κ3) is 4.94. The van der Waals surface area contributed by atoms with Crippen molar-refractivity contribution in [2.45, 2.75) is 25.7 Å². The van der Waals surface area contributed by atoms with Crippen molar-refractivity contribution in [3.8, 4) is 0 Å². The zero-order valence-corrected chi connectivity index (χ0v) is 9.54. The summed E-state index contributed by atoms with van der Waals surface area (Å²) in [6, 6.07) is 0. The fourth-order valence-electron chi connectivity index (χ4n) is 2.08. The molecule has 84 valence electrons. The Labute approximate surface area is 88.2 Å². The molecule has 2 N–H and O–H groups in total. The Bertz CT molecular complexity index is 132. The Hall–Kier alpha value is -0.120. The van der Waals surface area contributed by atoms with Crippen molar-refractivity contribution < 1.29 is 0 Å². The number of hydrogen-bond acceptors (Lipinski definition) is 3. The lowest BCUT2D eigenvalue weighted by Crippen LogP contribution is -2.33. The van der Waals surface area contributed by atoms with Crippen LogP contribution in [0.2, 0.25) is 0 Å². The standard InChI is InChI=1S/C11H25N3/c1-13(11-6-12)7-5-10-14-8-3-2-4-9-14/h2-12H2,1H3. The zero-order chi connectivity index (χ0) is 10.2. The van der Waals surface area contributed by atoms with Gasteiger partial charge >= 0.3 is 0 Å². The second-order valence-electron chi connectivity index (χ2n) is 4.35. The lowest BCUT2D eigenvalue weighted by Gasteiger charge is -2.27. The average Bonchev–Trinajstić information content (AvgIpc) is 2.20. The van der Waals surface area contributed by atoms with Crippen LogP contribution in [0.1, 0.15) is 25.7 Å². The molecule has 0 aromatic carbocycles. The van der Waals surface area contributed by atoms with Gasteiger partial charge < -0.3 is 15.5 Å². The van der Waals surface area contributed by atoms with Gasteiger partial charge in [0, 0.05) is 13.1 Å². The van der Waals surface area contributed by atoms with E-state index in [2.05, 4.69) is 16.8 Å². The molecule has 0 spiro atoms. The molecule has 1 aliphatic heterocycles. The van der Waals surface area contributed by atoms with Gasteiger partial charge in [-0.25, -0.2) is 0 Å². The minimum absolute atomic E-state index is 0.778. The molecule has 14 heavy (non-hydrogen) atoms. The molecule has 3 heteroatoms. The van der Waals surface area contributed by atoms with E-state index >= 15 is 0 Å². The predicted molar refractivity (Wildman–Crippen MR) is 61.5 cm³/mol. The van der Waals surface area contributed by atoms with Crippen molar-refractivity contribution in [2.24, 2.45) is 5.73 Å². The van der Waals surface area contributed by atoms with Crippen molar-refractivity contribution >= 4 is 0 Å². The summed E-state index contributed by atoms with van der Waals surface area (Å²) in [5.41, 5.74) is 5.49. The molecule has 0 aliphatic carbocycles. The van der Waals surface area contributed by atoms with Crippen LogP contribution in [-0.4, -0.2) is 56.1 Å². The maximum atomic E-state index is 5.49. The molecule has 0 aromatic heterocycles. The van der Waals surface area contributed by atoms with Gasteiger partial charge in [-0.3, -0.25) is 0 Å². The van der Waals surface area contributed by atoms with Crippen LogP contribution in [-0.2, 0) is 0 Å². The molecular weight excluding hydrogens is 174 g/mol. The van der Waals surface area contributed by atoms with Crippen LogP contribution < -0.4 is 5.73 Å². The van der Waals surface area contributed by atoms with E-state index in [9.17, 15) is 0 Å². The van der Waals surface area contributed by atoms with Gasteiger partial charge in [0.1, 0.15) is 0 Å². The quantitative estimate of drug-likeness (QED) is 0.685. The Morgan fingerprint density at radius 1 is 1.14 bits per heavy atom. The molecule has 0 atom stereocenters. The summed E-state index contributed by atoms with van der Waals surface area (Å²) in [5.74, 6) is 0. The van der Waals surface area contributed by atoms with E-state index in [4.69, 9.17) is 5.73 Å². The van der Waals surface area contributed by atoms with Crippen LogP contribution in [0.25, 0.3) is 0 Å². The molecular formula is C11H25N3. The molecule has 1 fully saturated rings. The summed E-state index contributed by atoms with van der Waals surface area (Å²) < 4.78 is 0. The van der Waals surface area contributed by atoms with Crippen molar-refractivity contribution in [2.75, 3.05) is 46.3 Å². The van der Waals surface area contributed by atoms with Crippen molar-refractivity contribution in [3.05, 3.63) is 0 Å². The lowest BCUT2D eigenvalue weighted by atomic mass is 10.1. The van der Waals surface area contributed by atoms with Gasteiger partial charge in [0.15, 0.2) is 0 Å². The van der Waals surface area contributed by atoms with Crippen molar-refractivity contribution in [3.63, 3.8) is 0 Å². The molecule has 0 radical (unpaired) electrons. The first kappa shape index (κ1) is 12.0. The molecule has 0 saturated carbocycles. The van der Waals surface area contributed by atoms with E-state index in [-0.39, 0.29) is 0 Å². The first-order chi connectivity index (χ1) is 6.83. The molecule has 1 heterocycles. The Morgan fingerprint density at radius 2 is 1.86 bits per heavy atom. The van der Waals surface area contributed by atoms with Crippen LogP contribution in [0.4, 0.5) is 0 Å². The number of piperidine rings is 1. The van der Waals surface area contributed by atoms with E-state index in [1.807, 2.05) is 0 Å². The monoisotopic (exact) mass is 199 g/mol. The van der Waals surface area contributed by atoms with E-state index in [0.29, 0.717) is 0 Å². The fourth-order valence-corrected chi connectivity index (χ4v) is 2.08. The number of likely N-dealkylation sites (tertiary alicyclic amines) is 1. The number of likely N-dealkylation sites (N-methyl/N-ethyl adjacent to an activating group) is 1. The highest BCUT2D eigenvalue weighted by atomic mass is 15.1. The van der Waals surface area contributed by atoms with Crippen molar-refractivity contribution in [1.82, 2.24) is 9.80 Å². The van der Waals surface area contributed by atoms with Crippen LogP contribution in [0.3, 0.4) is 0 Å². The largest absolute Gasteiger partial charge is 0.329 e. The molecule has 0 amide bonds. The van der Waals surface area contributed by atoms with E-state index < -0.39 is 0 Å². The van der Waals surface area contributed by atoms with E-state index in [0.717, 1.165) is 13.1 Å². The van der Waals surface area contributed by atoms with Crippen molar-refractivity contribution in [1.29, 1.82) is 0 Å². The first-order valence-electron chi connectivity index (χ1n) is 5.94. The summed E-state index contributed by atoms with van der Waals surface area (Å²) >= 11 is 0. The van der Waals surface area contributed by atoms with Crippen LogP contribution >= 0.6 is 0 Å². The minimum atomic E-state index is 0.778. The third-order valence-electron chi connectivity index (χ3n) is 2.97. The zero-order valence-electron chi connectivity index (χ0n) is 9.54. The molecule has 0 aromatic rings. The van der Waals surface area contributed by atoms with Crippen LogP contribution in [0, 0.1) is 0 Å². The maximum Gasteiger partial charge on any atom is 0.0102 e. The molecule has 0 unspecified atom stereocenters. The highest BCUT2D eigenvalue weighted by molar-refractivity contribution is 4.65. The van der Waals surface area contributed by atoms with Gasteiger partial charge in [0.25, 0.3) is 0 Å². The molecule has 1 saturated heterocycles. The number of nitrogens with two attached hydrogens (primary N) is 1. The van der Waals surface area contributed by atoms with Gasteiger partial charge in [0.2, 0.25) is 0 Å². The number of rotatable bonds is 6. The molecule has 1 aliphatic rings. The minimum Gasteiger partial charge on any atom is -0.329 e. The van der Waals surface area contributed by atoms with Crippen LogP contribution in [0.5, 0.6) is 0 Å². The van der Waals surface area contributed by atoms with Gasteiger partial charge in [-0.1, -0.05) is 6.42 Å². The summed E-state index contributed by atoms with van der Waals surface area (Å²) in [6.45, 7) is 6.91. The van der Waals surface area contributed by atoms with Gasteiger partial charge in [0.05, 0.1) is 0 Å². The SMILES string of the molecule is CN(CCN)CCCN1CCCCC1. The second-order valence-corrected chi connectivity index (χ2v) is 4.35. The second kappa shape index (κ2) is 7.21. The Morgan fingerprint density at radius 3 is 2.50 bits per heavy atom. The average molecular weight is 199 g/mol. The molecule has 0 bridgehead atoms. The normalized spacial score (nSPS) is 19.1. The predicted octanol–water partition coefficient (Wildman–Crippen LogP) is 0.753. The van der Waals surface area contributed by atoms with Gasteiger partial charge in [-0.15, -0.1) is 0 Å². The van der Waals surface area contributed by atoms with Crippen LogP contribution in [0.15, 0.2) is 0 Å². The van der Waals surface area contributed by atoms with Gasteiger partial charge in [-0.2, -0.15) is 0 Å². The molecule has 1 rings (SSSR count). The summed E-state index contributed by atoms with van der Waals surface area (Å²) in [6.07, 6.45) is 5.53.